The lowest BCUT2D eigenvalue weighted by Gasteiger charge is -2.06. The Kier molecular flexibility index (Phi) is 4.76. The van der Waals surface area contributed by atoms with E-state index in [0.717, 1.165) is 22.9 Å². The van der Waals surface area contributed by atoms with Crippen LogP contribution >= 0.6 is 15.9 Å². The van der Waals surface area contributed by atoms with Crippen molar-refractivity contribution in [1.29, 1.82) is 5.26 Å². The topological polar surface area (TPSA) is 50.8 Å². The average molecular weight is 408 g/mol. The molecule has 1 heterocycles. The number of benzene rings is 2. The highest BCUT2D eigenvalue weighted by Gasteiger charge is 2.12. The monoisotopic (exact) mass is 407 g/mol. The molecule has 0 radical (unpaired) electrons. The van der Waals surface area contributed by atoms with E-state index in [1.54, 1.807) is 0 Å². The van der Waals surface area contributed by atoms with Crippen molar-refractivity contribution < 1.29 is 17.9 Å². The molecule has 0 bridgehead atoms. The lowest BCUT2D eigenvalue weighted by Crippen LogP contribution is -2.02. The zero-order chi connectivity index (χ0) is 18.0. The molecule has 0 unspecified atom stereocenters. The fourth-order valence-electron chi connectivity index (χ4n) is 2.09. The second kappa shape index (κ2) is 6.99. The predicted octanol–water partition coefficient (Wildman–Crippen LogP) is 4.50. The molecule has 0 saturated heterocycles. The molecule has 2 aromatic carbocycles. The molecule has 0 spiro atoms. The molecule has 0 aliphatic heterocycles. The lowest BCUT2D eigenvalue weighted by atomic mass is 10.1. The fraction of sp³-hybridized carbons (Fsp3) is 0.0588. The first-order valence-corrected chi connectivity index (χ1v) is 7.79. The lowest BCUT2D eigenvalue weighted by molar-refractivity contribution is 0.286. The maximum absolute atomic E-state index is 13.9. The fourth-order valence-corrected chi connectivity index (χ4v) is 2.41. The van der Waals surface area contributed by atoms with Crippen LogP contribution in [0.15, 0.2) is 47.1 Å². The van der Waals surface area contributed by atoms with Gasteiger partial charge in [-0.15, -0.1) is 5.10 Å². The van der Waals surface area contributed by atoms with Crippen molar-refractivity contribution in [2.45, 2.75) is 6.61 Å². The first-order valence-electron chi connectivity index (χ1n) is 7.00. The molecule has 1 aromatic heterocycles. The van der Waals surface area contributed by atoms with Gasteiger partial charge in [-0.05, 0) is 34.1 Å². The number of hydrogen-bond acceptors (Lipinski definition) is 3. The van der Waals surface area contributed by atoms with Gasteiger partial charge in [0.2, 0.25) is 5.88 Å². The summed E-state index contributed by atoms with van der Waals surface area (Å²) in [5.41, 5.74) is 0.368. The molecule has 0 amide bonds. The van der Waals surface area contributed by atoms with Gasteiger partial charge in [-0.1, -0.05) is 6.07 Å². The Hall–Kier alpha value is -2.79. The minimum absolute atomic E-state index is 0.00803. The molecular weight excluding hydrogens is 399 g/mol. The van der Waals surface area contributed by atoms with Crippen LogP contribution in [-0.2, 0) is 6.61 Å². The van der Waals surface area contributed by atoms with Gasteiger partial charge < -0.3 is 4.74 Å². The zero-order valence-corrected chi connectivity index (χ0v) is 14.1. The summed E-state index contributed by atoms with van der Waals surface area (Å²) in [6.07, 6.45) is 1.40. The molecule has 0 aliphatic carbocycles. The molecule has 0 fully saturated rings. The first-order chi connectivity index (χ1) is 12.0. The quantitative estimate of drug-likeness (QED) is 0.598. The van der Waals surface area contributed by atoms with Crippen LogP contribution in [0, 0.1) is 28.8 Å². The normalized spacial score (nSPS) is 10.5. The molecule has 0 saturated carbocycles. The Balaban J connectivity index is 1.77. The third kappa shape index (κ3) is 3.67. The maximum Gasteiger partial charge on any atom is 0.233 e. The van der Waals surface area contributed by atoms with Gasteiger partial charge in [0.05, 0.1) is 16.1 Å². The zero-order valence-electron chi connectivity index (χ0n) is 12.5. The van der Waals surface area contributed by atoms with Crippen molar-refractivity contribution in [3.05, 3.63) is 75.6 Å². The number of halogens is 4. The van der Waals surface area contributed by atoms with E-state index in [9.17, 15) is 13.2 Å². The summed E-state index contributed by atoms with van der Waals surface area (Å²) in [6.45, 7) is -0.119. The minimum atomic E-state index is -0.666. The number of aromatic nitrogens is 2. The Bertz CT molecular complexity index is 982. The largest absolute Gasteiger partial charge is 0.472 e. The van der Waals surface area contributed by atoms with Gasteiger partial charge in [-0.2, -0.15) is 5.26 Å². The number of nitrogens with zero attached hydrogens (tertiary/aromatic N) is 3. The van der Waals surface area contributed by atoms with Crippen molar-refractivity contribution in [2.24, 2.45) is 0 Å². The summed E-state index contributed by atoms with van der Waals surface area (Å²) in [7, 11) is 0. The molecule has 3 rings (SSSR count). The highest BCUT2D eigenvalue weighted by atomic mass is 79.9. The molecule has 3 aromatic rings. The standard InChI is InChI=1S/C17H9BrF3N3O/c18-12-6-15(21)16(7-14(12)20)24-4-3-17(23-24)25-9-11-2-1-10(8-22)5-13(11)19/h1-7H,9H2. The van der Waals surface area contributed by atoms with Gasteiger partial charge >= 0.3 is 0 Å². The van der Waals surface area contributed by atoms with E-state index in [1.165, 1.54) is 24.4 Å². The summed E-state index contributed by atoms with van der Waals surface area (Å²) >= 11 is 2.90. The van der Waals surface area contributed by atoms with Gasteiger partial charge in [0.1, 0.15) is 29.7 Å². The van der Waals surface area contributed by atoms with E-state index in [-0.39, 0.29) is 33.8 Å². The summed E-state index contributed by atoms with van der Waals surface area (Å²) < 4.78 is 47.8. The van der Waals surface area contributed by atoms with E-state index in [1.807, 2.05) is 6.07 Å². The second-order valence-corrected chi connectivity index (χ2v) is 5.88. The van der Waals surface area contributed by atoms with E-state index in [4.69, 9.17) is 10.00 Å². The van der Waals surface area contributed by atoms with Crippen LogP contribution in [-0.4, -0.2) is 9.78 Å². The summed E-state index contributed by atoms with van der Waals surface area (Å²) in [6, 6.07) is 9.30. The third-order valence-corrected chi connectivity index (χ3v) is 3.97. The van der Waals surface area contributed by atoms with Crippen LogP contribution in [0.25, 0.3) is 5.69 Å². The molecular formula is C17H9BrF3N3O. The van der Waals surface area contributed by atoms with Gasteiger partial charge in [0.25, 0.3) is 0 Å². The van der Waals surface area contributed by atoms with Crippen LogP contribution < -0.4 is 4.74 Å². The van der Waals surface area contributed by atoms with Crippen molar-refractivity contribution in [3.63, 3.8) is 0 Å². The van der Waals surface area contributed by atoms with Crippen molar-refractivity contribution in [3.8, 4) is 17.6 Å². The van der Waals surface area contributed by atoms with Gasteiger partial charge in [-0.3, -0.25) is 0 Å². The summed E-state index contributed by atoms with van der Waals surface area (Å²) in [5, 5.41) is 12.7. The smallest absolute Gasteiger partial charge is 0.233 e. The van der Waals surface area contributed by atoms with E-state index in [0.29, 0.717) is 0 Å². The Morgan fingerprint density at radius 1 is 1.08 bits per heavy atom. The minimum Gasteiger partial charge on any atom is -0.472 e. The van der Waals surface area contributed by atoms with Crippen LogP contribution in [0.5, 0.6) is 5.88 Å². The molecule has 4 nitrogen and oxygen atoms in total. The van der Waals surface area contributed by atoms with Crippen molar-refractivity contribution in [1.82, 2.24) is 9.78 Å². The van der Waals surface area contributed by atoms with Crippen LogP contribution in [0.1, 0.15) is 11.1 Å². The Morgan fingerprint density at radius 2 is 1.88 bits per heavy atom. The Morgan fingerprint density at radius 3 is 2.60 bits per heavy atom. The van der Waals surface area contributed by atoms with Crippen molar-refractivity contribution in [2.75, 3.05) is 0 Å². The molecule has 25 heavy (non-hydrogen) atoms. The SMILES string of the molecule is N#Cc1ccc(COc2ccn(-c3cc(F)c(Br)cc3F)n2)c(F)c1. The molecule has 126 valence electrons. The maximum atomic E-state index is 13.9. The summed E-state index contributed by atoms with van der Waals surface area (Å²) in [4.78, 5) is 0. The van der Waals surface area contributed by atoms with Gasteiger partial charge in [0, 0.05) is 23.9 Å². The first kappa shape index (κ1) is 17.0. The Labute approximate surface area is 149 Å². The van der Waals surface area contributed by atoms with E-state index >= 15 is 0 Å². The number of nitriles is 1. The molecule has 0 N–H and O–H groups in total. The second-order valence-electron chi connectivity index (χ2n) is 5.02. The third-order valence-electron chi connectivity index (χ3n) is 3.36. The van der Waals surface area contributed by atoms with Crippen LogP contribution in [0.2, 0.25) is 0 Å². The number of rotatable bonds is 4. The highest BCUT2D eigenvalue weighted by Crippen LogP contribution is 2.23. The van der Waals surface area contributed by atoms with E-state index < -0.39 is 17.5 Å². The number of hydrogen-bond donors (Lipinski definition) is 0. The highest BCUT2D eigenvalue weighted by molar-refractivity contribution is 9.10. The molecule has 8 heteroatoms. The predicted molar refractivity (Wildman–Crippen MR) is 86.6 cm³/mol. The summed E-state index contributed by atoms with van der Waals surface area (Å²) in [5.74, 6) is -1.75. The average Bonchev–Trinajstić information content (AvgIpc) is 3.05. The van der Waals surface area contributed by atoms with E-state index in [2.05, 4.69) is 21.0 Å². The van der Waals surface area contributed by atoms with Crippen LogP contribution in [0.3, 0.4) is 0 Å². The molecule has 0 atom stereocenters. The van der Waals surface area contributed by atoms with Crippen molar-refractivity contribution >= 4 is 15.9 Å². The molecule has 0 aliphatic rings. The van der Waals surface area contributed by atoms with Gasteiger partial charge in [-0.25, -0.2) is 17.9 Å². The van der Waals surface area contributed by atoms with Crippen LogP contribution in [0.4, 0.5) is 13.2 Å². The van der Waals surface area contributed by atoms with Gasteiger partial charge in [0.15, 0.2) is 0 Å². The number of ether oxygens (including phenoxy) is 1.